The van der Waals surface area contributed by atoms with Gasteiger partial charge in [-0.25, -0.2) is 18.4 Å². The van der Waals surface area contributed by atoms with Gasteiger partial charge < -0.3 is 24.4 Å². The fourth-order valence-corrected chi connectivity index (χ4v) is 8.26. The number of benzene rings is 2. The number of rotatable bonds is 24. The van der Waals surface area contributed by atoms with E-state index in [9.17, 15) is 19.8 Å². The lowest BCUT2D eigenvalue weighted by Crippen LogP contribution is -2.31. The summed E-state index contributed by atoms with van der Waals surface area (Å²) in [5.74, 6) is -1.18. The van der Waals surface area contributed by atoms with Crippen LogP contribution in [0.25, 0.3) is 11.1 Å². The van der Waals surface area contributed by atoms with Crippen LogP contribution >= 0.6 is 0 Å². The standard InChI is InChI=1S/C50H68F2O7/c1-7-9-10-13-36-16-18-37(19-17-36)38-20-22-39(23-21-38)43-24-25-44(46(52)45(43)51)42-30-40(14-11-27-58-48(55)34(3)4)47(57-29-26-50(8-2,32-53)33-54)41(31-42)15-12-28-59-49(56)35(5)6/h20-22,24-25,30-31,36-37,39,53-54H,3,5,7-19,23,26-29,32-33H2,1-2,4,6H3. The quantitative estimate of drug-likeness (QED) is 0.0618. The lowest BCUT2D eigenvalue weighted by Gasteiger charge is -2.31. The Balaban J connectivity index is 1.61. The van der Waals surface area contributed by atoms with Crippen molar-refractivity contribution in [3.8, 4) is 16.9 Å². The minimum Gasteiger partial charge on any atom is -0.493 e. The number of esters is 2. The maximum absolute atomic E-state index is 16.4. The van der Waals surface area contributed by atoms with E-state index < -0.39 is 29.0 Å². The number of aliphatic hydroxyl groups is 2. The summed E-state index contributed by atoms with van der Waals surface area (Å²) in [5.41, 5.74) is 3.46. The Morgan fingerprint density at radius 2 is 1.44 bits per heavy atom. The summed E-state index contributed by atoms with van der Waals surface area (Å²) in [5, 5.41) is 20.1. The molecule has 1 fully saturated rings. The van der Waals surface area contributed by atoms with Gasteiger partial charge in [-0.15, -0.1) is 0 Å². The molecule has 4 rings (SSSR count). The molecule has 0 heterocycles. The molecule has 2 aliphatic carbocycles. The van der Waals surface area contributed by atoms with Crippen LogP contribution in [0, 0.1) is 28.9 Å². The summed E-state index contributed by atoms with van der Waals surface area (Å²) >= 11 is 0. The van der Waals surface area contributed by atoms with E-state index in [1.54, 1.807) is 38.1 Å². The monoisotopic (exact) mass is 818 g/mol. The molecule has 2 aromatic carbocycles. The minimum absolute atomic E-state index is 0.110. The Morgan fingerprint density at radius 3 is 1.95 bits per heavy atom. The maximum atomic E-state index is 16.4. The van der Waals surface area contributed by atoms with Gasteiger partial charge in [-0.2, -0.15) is 0 Å². The van der Waals surface area contributed by atoms with Crippen molar-refractivity contribution in [2.24, 2.45) is 17.3 Å². The Kier molecular flexibility index (Phi) is 19.1. The zero-order valence-corrected chi connectivity index (χ0v) is 36.0. The molecule has 2 aromatic rings. The van der Waals surface area contributed by atoms with Crippen LogP contribution in [-0.4, -0.2) is 55.2 Å². The molecule has 9 heteroatoms. The smallest absolute Gasteiger partial charge is 0.333 e. The number of carbonyl (C=O) groups excluding carboxylic acids is 2. The Bertz CT molecular complexity index is 1730. The predicted molar refractivity (Wildman–Crippen MR) is 231 cm³/mol. The van der Waals surface area contributed by atoms with Crippen molar-refractivity contribution < 1.29 is 42.8 Å². The number of allylic oxidation sites excluding steroid dienone is 4. The summed E-state index contributed by atoms with van der Waals surface area (Å²) in [6.45, 7) is 14.5. The third-order valence-electron chi connectivity index (χ3n) is 12.4. The summed E-state index contributed by atoms with van der Waals surface area (Å²) in [4.78, 5) is 24.2. The van der Waals surface area contributed by atoms with Gasteiger partial charge in [0.1, 0.15) is 5.75 Å². The molecular formula is C50H68F2O7. The van der Waals surface area contributed by atoms with Gasteiger partial charge in [0.2, 0.25) is 0 Å². The second-order valence-electron chi connectivity index (χ2n) is 16.9. The highest BCUT2D eigenvalue weighted by atomic mass is 19.2. The van der Waals surface area contributed by atoms with Gasteiger partial charge in [0.15, 0.2) is 11.6 Å². The van der Waals surface area contributed by atoms with Gasteiger partial charge in [0.25, 0.3) is 0 Å². The number of halogens is 2. The van der Waals surface area contributed by atoms with Crippen molar-refractivity contribution in [2.75, 3.05) is 33.0 Å². The second kappa shape index (κ2) is 23.6. The lowest BCUT2D eigenvalue weighted by atomic mass is 9.75. The Morgan fingerprint density at radius 1 is 0.831 bits per heavy atom. The first-order valence-electron chi connectivity index (χ1n) is 21.9. The number of carbonyl (C=O) groups is 2. The Hall–Kier alpha value is -4.08. The largest absolute Gasteiger partial charge is 0.493 e. The van der Waals surface area contributed by atoms with Crippen LogP contribution in [0.1, 0.15) is 134 Å². The minimum atomic E-state index is -0.929. The summed E-state index contributed by atoms with van der Waals surface area (Å²) < 4.78 is 49.7. The van der Waals surface area contributed by atoms with Crippen molar-refractivity contribution in [3.63, 3.8) is 0 Å². The summed E-state index contributed by atoms with van der Waals surface area (Å²) in [7, 11) is 0. The van der Waals surface area contributed by atoms with E-state index in [1.165, 1.54) is 56.9 Å². The van der Waals surface area contributed by atoms with Crippen molar-refractivity contribution in [3.05, 3.63) is 101 Å². The number of hydrogen-bond acceptors (Lipinski definition) is 7. The van der Waals surface area contributed by atoms with E-state index >= 15 is 8.78 Å². The molecule has 0 saturated heterocycles. The number of ether oxygens (including phenoxy) is 3. The lowest BCUT2D eigenvalue weighted by molar-refractivity contribution is -0.139. The topological polar surface area (TPSA) is 102 Å². The van der Waals surface area contributed by atoms with E-state index in [-0.39, 0.29) is 55.7 Å². The van der Waals surface area contributed by atoms with Gasteiger partial charge in [-0.1, -0.05) is 83.0 Å². The van der Waals surface area contributed by atoms with Crippen LogP contribution in [0.15, 0.2) is 72.4 Å². The van der Waals surface area contributed by atoms with E-state index in [0.717, 1.165) is 5.92 Å². The molecule has 0 spiro atoms. The highest BCUT2D eigenvalue weighted by Gasteiger charge is 2.29. The zero-order valence-electron chi connectivity index (χ0n) is 36.0. The number of unbranched alkanes of at least 4 members (excludes halogenated alkanes) is 2. The Labute approximate surface area is 351 Å². The summed E-state index contributed by atoms with van der Waals surface area (Å²) in [6.07, 6.45) is 19.6. The molecule has 59 heavy (non-hydrogen) atoms. The second-order valence-corrected chi connectivity index (χ2v) is 16.9. The normalized spacial score (nSPS) is 18.0. The zero-order chi connectivity index (χ0) is 43.0. The van der Waals surface area contributed by atoms with Crippen LogP contribution in [-0.2, 0) is 31.9 Å². The highest BCUT2D eigenvalue weighted by Crippen LogP contribution is 2.41. The van der Waals surface area contributed by atoms with E-state index in [2.05, 4.69) is 32.2 Å². The molecule has 2 N–H and O–H groups in total. The molecule has 0 aliphatic heterocycles. The molecular weight excluding hydrogens is 751 g/mol. The van der Waals surface area contributed by atoms with Gasteiger partial charge in [0, 0.05) is 28.0 Å². The number of hydrogen-bond donors (Lipinski definition) is 2. The predicted octanol–water partition coefficient (Wildman–Crippen LogP) is 11.2. The van der Waals surface area contributed by atoms with Gasteiger partial charge in [0.05, 0.1) is 33.0 Å². The van der Waals surface area contributed by atoms with Crippen LogP contribution in [0.5, 0.6) is 5.75 Å². The molecule has 2 aliphatic rings. The highest BCUT2D eigenvalue weighted by molar-refractivity contribution is 5.87. The molecule has 0 aromatic heterocycles. The van der Waals surface area contributed by atoms with Gasteiger partial charge in [-0.05, 0) is 136 Å². The van der Waals surface area contributed by atoms with Crippen LogP contribution in [0.4, 0.5) is 8.78 Å². The van der Waals surface area contributed by atoms with Crippen molar-refractivity contribution in [2.45, 2.75) is 130 Å². The maximum Gasteiger partial charge on any atom is 0.333 e. The number of aliphatic hydroxyl groups excluding tert-OH is 2. The van der Waals surface area contributed by atoms with Crippen molar-refractivity contribution in [1.82, 2.24) is 0 Å². The van der Waals surface area contributed by atoms with Crippen LogP contribution in [0.3, 0.4) is 0 Å². The molecule has 0 amide bonds. The first kappa shape index (κ1) is 47.6. The molecule has 1 unspecified atom stereocenters. The first-order valence-corrected chi connectivity index (χ1v) is 21.9. The van der Waals surface area contributed by atoms with E-state index in [0.29, 0.717) is 78.9 Å². The fraction of sp³-hybridized carbons (Fsp3) is 0.560. The molecule has 7 nitrogen and oxygen atoms in total. The van der Waals surface area contributed by atoms with Crippen LogP contribution < -0.4 is 4.74 Å². The van der Waals surface area contributed by atoms with E-state index in [1.807, 2.05) is 13.0 Å². The molecule has 0 radical (unpaired) electrons. The van der Waals surface area contributed by atoms with Gasteiger partial charge >= 0.3 is 11.9 Å². The third kappa shape index (κ3) is 13.5. The fourth-order valence-electron chi connectivity index (χ4n) is 8.26. The summed E-state index contributed by atoms with van der Waals surface area (Å²) in [6, 6.07) is 6.91. The van der Waals surface area contributed by atoms with Gasteiger partial charge in [-0.3, -0.25) is 0 Å². The SMILES string of the molecule is C=C(C)C(=O)OCCCc1cc(-c2ccc(C3C=CC(C4CCC(CCCCC)CC4)=CC3)c(F)c2F)cc(CCCOC(=O)C(=C)C)c1OCCC(CC)(CO)CO. The first-order chi connectivity index (χ1) is 28.4. The molecule has 324 valence electrons. The molecule has 1 saturated carbocycles. The van der Waals surface area contributed by atoms with Crippen molar-refractivity contribution in [1.29, 1.82) is 0 Å². The average molecular weight is 819 g/mol. The molecule has 0 bridgehead atoms. The average Bonchev–Trinajstić information content (AvgIpc) is 3.24. The van der Waals surface area contributed by atoms with Crippen LogP contribution in [0.2, 0.25) is 0 Å². The third-order valence-corrected chi connectivity index (χ3v) is 12.4. The molecule has 1 atom stereocenters. The van der Waals surface area contributed by atoms with Crippen molar-refractivity contribution >= 4 is 11.9 Å². The number of aryl methyl sites for hydroxylation is 2. The van der Waals surface area contributed by atoms with E-state index in [4.69, 9.17) is 14.2 Å².